The van der Waals surface area contributed by atoms with E-state index in [1.54, 1.807) is 0 Å². The van der Waals surface area contributed by atoms with E-state index < -0.39 is 14.0 Å². The topological polar surface area (TPSA) is 22.1 Å². The Kier molecular flexibility index (Phi) is 3.29. The van der Waals surface area contributed by atoms with E-state index in [-0.39, 0.29) is 0 Å². The van der Waals surface area contributed by atoms with Crippen LogP contribution in [0.1, 0.15) is 11.1 Å². The number of fused-ring (bicyclic) bond motifs is 2. The lowest BCUT2D eigenvalue weighted by molar-refractivity contribution is 0.439. The largest absolute Gasteiger partial charge is 0.438 e. The van der Waals surface area contributed by atoms with Gasteiger partial charge in [-0.15, -0.1) is 0 Å². The van der Waals surface area contributed by atoms with Crippen molar-refractivity contribution >= 4 is 34.8 Å². The molecule has 108 valence electrons. The molecule has 0 fully saturated rings. The van der Waals surface area contributed by atoms with Gasteiger partial charge in [-0.2, -0.15) is 9.37 Å². The van der Waals surface area contributed by atoms with Crippen molar-refractivity contribution in [3.63, 3.8) is 0 Å². The number of aromatic nitrogens is 1. The second kappa shape index (κ2) is 4.78. The summed E-state index contributed by atoms with van der Waals surface area (Å²) >= 11 is 3.45. The Morgan fingerprint density at radius 3 is 2.57 bits per heavy atom. The third-order valence-corrected chi connectivity index (χ3v) is 6.01. The van der Waals surface area contributed by atoms with Crippen LogP contribution >= 0.6 is 15.9 Å². The summed E-state index contributed by atoms with van der Waals surface area (Å²) in [6, 6.07) is 7.53. The van der Waals surface area contributed by atoms with Crippen molar-refractivity contribution in [1.82, 2.24) is 4.98 Å². The van der Waals surface area contributed by atoms with Gasteiger partial charge in [0.15, 0.2) is 0 Å². The number of rotatable bonds is 1. The van der Waals surface area contributed by atoms with Crippen LogP contribution in [0.5, 0.6) is 11.6 Å². The Labute approximate surface area is 132 Å². The maximum absolute atomic E-state index is 14.2. The minimum Gasteiger partial charge on any atom is -0.438 e. The molecule has 2 aromatic rings. The summed E-state index contributed by atoms with van der Waals surface area (Å²) < 4.78 is 20.9. The predicted molar refractivity (Wildman–Crippen MR) is 89.5 cm³/mol. The van der Waals surface area contributed by atoms with Crippen LogP contribution in [0.4, 0.5) is 4.39 Å². The number of pyridine rings is 1. The summed E-state index contributed by atoms with van der Waals surface area (Å²) in [7, 11) is -1.81. The van der Waals surface area contributed by atoms with E-state index in [4.69, 9.17) is 4.74 Å². The van der Waals surface area contributed by atoms with E-state index in [1.807, 2.05) is 24.3 Å². The third kappa shape index (κ3) is 2.44. The summed E-state index contributed by atoms with van der Waals surface area (Å²) in [5, 5.41) is 0.699. The number of ether oxygens (including phenoxy) is 1. The molecule has 0 atom stereocenters. The molecule has 0 bridgehead atoms. The van der Waals surface area contributed by atoms with Gasteiger partial charge >= 0.3 is 0 Å². The molecular formula is C16H15BrFNOSi. The fourth-order valence-electron chi connectivity index (χ4n) is 2.37. The van der Waals surface area contributed by atoms with Gasteiger partial charge in [0.05, 0.1) is 8.07 Å². The van der Waals surface area contributed by atoms with Gasteiger partial charge in [-0.1, -0.05) is 42.1 Å². The lowest BCUT2D eigenvalue weighted by Gasteiger charge is -2.24. The summed E-state index contributed by atoms with van der Waals surface area (Å²) in [5.74, 6) is 0.527. The van der Waals surface area contributed by atoms with Gasteiger partial charge in [0.25, 0.3) is 0 Å². The monoisotopic (exact) mass is 363 g/mol. The molecule has 2 nitrogen and oxygen atoms in total. The molecule has 3 rings (SSSR count). The molecule has 5 heteroatoms. The van der Waals surface area contributed by atoms with Crippen molar-refractivity contribution in [3.8, 4) is 11.6 Å². The molecule has 0 saturated heterocycles. The highest BCUT2D eigenvalue weighted by atomic mass is 79.9. The molecule has 0 spiro atoms. The minimum atomic E-state index is -1.81. The quantitative estimate of drug-likeness (QED) is 0.461. The molecule has 1 aliphatic heterocycles. The summed E-state index contributed by atoms with van der Waals surface area (Å²) in [6.07, 6.45) is 0. The number of hydrogen-bond donors (Lipinski definition) is 0. The van der Waals surface area contributed by atoms with Crippen LogP contribution in [0, 0.1) is 5.95 Å². The van der Waals surface area contributed by atoms with Crippen LogP contribution in [0.25, 0.3) is 5.57 Å². The van der Waals surface area contributed by atoms with Gasteiger partial charge in [0, 0.05) is 15.6 Å². The van der Waals surface area contributed by atoms with Gasteiger partial charge in [0.2, 0.25) is 11.8 Å². The highest BCUT2D eigenvalue weighted by Gasteiger charge is 2.28. The maximum atomic E-state index is 14.2. The number of benzene rings is 1. The number of nitrogens with zero attached hydrogens (tertiary/aromatic N) is 1. The fourth-order valence-corrected chi connectivity index (χ4v) is 3.98. The standard InChI is InChI=1S/C16H15BrFNOSi/c1-9-11-7-10(17)5-6-13(11)20-16-12(9)8-14(15(18)19-16)21(2,3)4/h5-8H,1H2,2-4H3. The lowest BCUT2D eigenvalue weighted by atomic mass is 9.97. The van der Waals surface area contributed by atoms with Crippen LogP contribution in [-0.4, -0.2) is 13.1 Å². The fraction of sp³-hybridized carbons (Fsp3) is 0.188. The zero-order valence-electron chi connectivity index (χ0n) is 12.1. The molecule has 1 aromatic heterocycles. The summed E-state index contributed by atoms with van der Waals surface area (Å²) in [6.45, 7) is 10.4. The third-order valence-electron chi connectivity index (χ3n) is 3.55. The normalized spacial score (nSPS) is 13.5. The molecule has 0 aliphatic carbocycles. The van der Waals surface area contributed by atoms with E-state index in [2.05, 4.69) is 47.1 Å². The SMILES string of the molecule is C=C1c2cc(Br)ccc2Oc2nc(F)c([Si](C)(C)C)cc21. The first-order valence-electron chi connectivity index (χ1n) is 6.65. The molecule has 21 heavy (non-hydrogen) atoms. The van der Waals surface area contributed by atoms with Crippen molar-refractivity contribution in [2.75, 3.05) is 0 Å². The number of halogens is 2. The Bertz CT molecular complexity index is 768. The average Bonchev–Trinajstić information content (AvgIpc) is 2.38. The first-order valence-corrected chi connectivity index (χ1v) is 10.9. The second-order valence-corrected chi connectivity index (χ2v) is 12.1. The van der Waals surface area contributed by atoms with Gasteiger partial charge in [-0.25, -0.2) is 0 Å². The molecule has 1 aliphatic rings. The molecule has 0 N–H and O–H groups in total. The van der Waals surface area contributed by atoms with Crippen molar-refractivity contribution in [1.29, 1.82) is 0 Å². The summed E-state index contributed by atoms with van der Waals surface area (Å²) in [5.41, 5.74) is 2.51. The molecule has 1 aromatic carbocycles. The lowest BCUT2D eigenvalue weighted by Crippen LogP contribution is -2.41. The van der Waals surface area contributed by atoms with Crippen molar-refractivity contribution in [2.24, 2.45) is 0 Å². The van der Waals surface area contributed by atoms with Crippen LogP contribution in [-0.2, 0) is 0 Å². The van der Waals surface area contributed by atoms with Crippen LogP contribution in [0.15, 0.2) is 35.3 Å². The Morgan fingerprint density at radius 2 is 1.90 bits per heavy atom. The predicted octanol–water partition coefficient (Wildman–Crippen LogP) is 4.70. The average molecular weight is 364 g/mol. The maximum Gasteiger partial charge on any atom is 0.229 e. The van der Waals surface area contributed by atoms with Crippen LogP contribution < -0.4 is 9.92 Å². The van der Waals surface area contributed by atoms with E-state index >= 15 is 0 Å². The highest BCUT2D eigenvalue weighted by molar-refractivity contribution is 9.10. The van der Waals surface area contributed by atoms with E-state index in [0.717, 1.165) is 21.2 Å². The van der Waals surface area contributed by atoms with Gasteiger partial charge in [0.1, 0.15) is 5.75 Å². The minimum absolute atomic E-state index is 0.300. The smallest absolute Gasteiger partial charge is 0.229 e. The first-order chi connectivity index (χ1) is 9.77. The Hall–Kier alpha value is -1.46. The van der Waals surface area contributed by atoms with Gasteiger partial charge in [-0.3, -0.25) is 0 Å². The molecule has 0 amide bonds. The van der Waals surface area contributed by atoms with E-state index in [1.165, 1.54) is 0 Å². The number of hydrogen-bond acceptors (Lipinski definition) is 2. The molecule has 0 saturated carbocycles. The van der Waals surface area contributed by atoms with E-state index in [9.17, 15) is 4.39 Å². The van der Waals surface area contributed by atoms with E-state index in [0.29, 0.717) is 16.8 Å². The molecular weight excluding hydrogens is 349 g/mol. The van der Waals surface area contributed by atoms with Crippen LogP contribution in [0.3, 0.4) is 0 Å². The van der Waals surface area contributed by atoms with Gasteiger partial charge in [-0.05, 0) is 35.0 Å². The van der Waals surface area contributed by atoms with Gasteiger partial charge < -0.3 is 4.74 Å². The second-order valence-electron chi connectivity index (χ2n) is 6.15. The van der Waals surface area contributed by atoms with Crippen molar-refractivity contribution in [2.45, 2.75) is 19.6 Å². The molecule has 0 unspecified atom stereocenters. The Morgan fingerprint density at radius 1 is 1.19 bits per heavy atom. The van der Waals surface area contributed by atoms with Crippen molar-refractivity contribution in [3.05, 3.63) is 52.4 Å². The molecule has 0 radical (unpaired) electrons. The molecule has 2 heterocycles. The van der Waals surface area contributed by atoms with Crippen molar-refractivity contribution < 1.29 is 9.13 Å². The zero-order valence-corrected chi connectivity index (χ0v) is 14.7. The van der Waals surface area contributed by atoms with Crippen LogP contribution in [0.2, 0.25) is 19.6 Å². The summed E-state index contributed by atoms with van der Waals surface area (Å²) in [4.78, 5) is 4.03. The zero-order chi connectivity index (χ0) is 15.4. The first kappa shape index (κ1) is 14.5. The highest BCUT2D eigenvalue weighted by Crippen LogP contribution is 2.42. The Balaban J connectivity index is 2.19.